The number of amides is 1. The predicted molar refractivity (Wildman–Crippen MR) is 238 cm³/mol. The highest BCUT2D eigenvalue weighted by Gasteiger charge is 2.34. The average molecular weight is 892 g/mol. The number of hydrogen-bond acceptors (Lipinski definition) is 10. The number of fused-ring (bicyclic) bond motifs is 1. The van der Waals surface area contributed by atoms with Gasteiger partial charge in [-0.15, -0.1) is 0 Å². The molecule has 338 valence electrons. The SMILES string of the molecule is C=C(CCC1=C(CN2CCN(c3ccc(C(=O)NS(=O)(=O)c4ccc(NCC5CCC(C)CC5)c([N+](=O)[O-])c4)c(Oc4cnc5[nH]ccc5c4)c3)CC2)CCC(C)(C)C1)C(F)(F)F. The van der Waals surface area contributed by atoms with Gasteiger partial charge in [-0.05, 0) is 98.6 Å². The van der Waals surface area contributed by atoms with Crippen LogP contribution in [0.1, 0.15) is 88.9 Å². The largest absolute Gasteiger partial charge is 0.455 e. The van der Waals surface area contributed by atoms with E-state index in [1.165, 1.54) is 30.0 Å². The zero-order valence-electron chi connectivity index (χ0n) is 36.0. The van der Waals surface area contributed by atoms with Gasteiger partial charge in [-0.25, -0.2) is 18.1 Å². The highest BCUT2D eigenvalue weighted by molar-refractivity contribution is 7.90. The molecule has 63 heavy (non-hydrogen) atoms. The number of ether oxygens (including phenoxy) is 1. The highest BCUT2D eigenvalue weighted by Crippen LogP contribution is 2.42. The normalized spacial score (nSPS) is 19.8. The molecule has 1 saturated carbocycles. The first-order valence-electron chi connectivity index (χ1n) is 21.6. The van der Waals surface area contributed by atoms with Crippen LogP contribution in [0.4, 0.5) is 30.2 Å². The van der Waals surface area contributed by atoms with E-state index < -0.39 is 43.2 Å². The van der Waals surface area contributed by atoms with E-state index in [1.54, 1.807) is 24.4 Å². The number of nitrogens with one attached hydrogen (secondary N) is 3. The zero-order valence-corrected chi connectivity index (χ0v) is 36.8. The van der Waals surface area contributed by atoms with E-state index in [1.807, 2.05) is 6.07 Å². The molecule has 2 aliphatic carbocycles. The van der Waals surface area contributed by atoms with Gasteiger partial charge in [-0.2, -0.15) is 13.2 Å². The van der Waals surface area contributed by atoms with Crippen molar-refractivity contribution in [1.82, 2.24) is 19.6 Å². The number of nitrogens with zero attached hydrogens (tertiary/aromatic N) is 4. The molecule has 2 fully saturated rings. The molecule has 13 nitrogen and oxygen atoms in total. The molecule has 3 heterocycles. The van der Waals surface area contributed by atoms with Crippen molar-refractivity contribution in [3.05, 3.63) is 99.9 Å². The molecular weight excluding hydrogens is 836 g/mol. The van der Waals surface area contributed by atoms with E-state index in [-0.39, 0.29) is 28.8 Å². The van der Waals surface area contributed by atoms with E-state index in [2.05, 4.69) is 57.2 Å². The van der Waals surface area contributed by atoms with E-state index >= 15 is 0 Å². The first-order valence-corrected chi connectivity index (χ1v) is 23.1. The molecular formula is C46H56F3N7O6S. The number of aromatic amines is 1. The number of rotatable bonds is 15. The molecule has 1 aliphatic heterocycles. The summed E-state index contributed by atoms with van der Waals surface area (Å²) in [6.07, 6.45) is 5.82. The van der Waals surface area contributed by atoms with Crippen LogP contribution in [0.2, 0.25) is 0 Å². The van der Waals surface area contributed by atoms with Gasteiger partial charge in [0.2, 0.25) is 0 Å². The Balaban J connectivity index is 1.07. The summed E-state index contributed by atoms with van der Waals surface area (Å²) < 4.78 is 75.6. The Morgan fingerprint density at radius 3 is 2.51 bits per heavy atom. The number of aromatic nitrogens is 2. The summed E-state index contributed by atoms with van der Waals surface area (Å²) in [6.45, 7) is 13.6. The fourth-order valence-electron chi connectivity index (χ4n) is 8.88. The Labute approximate surface area is 366 Å². The van der Waals surface area contributed by atoms with Crippen LogP contribution in [0, 0.1) is 27.4 Å². The summed E-state index contributed by atoms with van der Waals surface area (Å²) in [5, 5.41) is 16.0. The standard InChI is InChI=1S/C46H56F3N7O6S/c1-30-5-8-32(9-6-30)27-51-40-14-12-38(25-41(40)56(58)59)63(60,61)53-44(57)39-13-11-36(24-42(39)62-37-23-33-16-18-50-43(33)52-28-37)55-21-19-54(20-22-55)29-35-15-17-45(3,4)26-34(35)10-7-31(2)46(47,48)49/h11-14,16,18,23-25,28,30,32,51H,2,5-10,15,17,19-22,26-27,29H2,1,3-4H3,(H,50,52)(H,53,57). The number of halogens is 3. The van der Waals surface area contributed by atoms with Crippen molar-refractivity contribution in [3.63, 3.8) is 0 Å². The summed E-state index contributed by atoms with van der Waals surface area (Å²) in [5.74, 6) is 0.399. The Hall–Kier alpha value is -5.42. The lowest BCUT2D eigenvalue weighted by molar-refractivity contribution is -0.384. The number of hydrogen-bond donors (Lipinski definition) is 3. The lowest BCUT2D eigenvalue weighted by Crippen LogP contribution is -2.47. The van der Waals surface area contributed by atoms with E-state index in [0.717, 1.165) is 67.7 Å². The molecule has 0 spiro atoms. The molecule has 0 bridgehead atoms. The second kappa shape index (κ2) is 18.7. The second-order valence-electron chi connectivity index (χ2n) is 18.2. The number of piperazine rings is 1. The third-order valence-corrected chi connectivity index (χ3v) is 14.1. The van der Waals surface area contributed by atoms with Gasteiger partial charge in [0.25, 0.3) is 21.6 Å². The van der Waals surface area contributed by atoms with Crippen LogP contribution in [-0.2, 0) is 10.0 Å². The number of nitro benzene ring substituents is 1. The maximum atomic E-state index is 13.9. The van der Waals surface area contributed by atoms with Gasteiger partial charge in [0.15, 0.2) is 0 Å². The summed E-state index contributed by atoms with van der Waals surface area (Å²) in [5.41, 5.74) is 2.67. The topological polar surface area (TPSA) is 163 Å². The van der Waals surface area contributed by atoms with Crippen LogP contribution < -0.4 is 19.7 Å². The molecule has 0 radical (unpaired) electrons. The van der Waals surface area contributed by atoms with Crippen LogP contribution in [0.15, 0.2) is 89.1 Å². The van der Waals surface area contributed by atoms with Crippen molar-refractivity contribution >= 4 is 44.0 Å². The third kappa shape index (κ3) is 11.4. The molecule has 0 atom stereocenters. The summed E-state index contributed by atoms with van der Waals surface area (Å²) in [7, 11) is -4.58. The number of carbonyl (C=O) groups excluding carboxylic acids is 1. The number of benzene rings is 2. The average Bonchev–Trinajstić information content (AvgIpc) is 3.71. The fourth-order valence-corrected chi connectivity index (χ4v) is 9.86. The quantitative estimate of drug-likeness (QED) is 0.0595. The number of carbonyl (C=O) groups is 1. The Morgan fingerprint density at radius 2 is 1.79 bits per heavy atom. The highest BCUT2D eigenvalue weighted by atomic mass is 32.2. The van der Waals surface area contributed by atoms with Crippen molar-refractivity contribution in [2.45, 2.75) is 89.6 Å². The number of nitro groups is 1. The number of sulfonamides is 1. The maximum absolute atomic E-state index is 13.9. The molecule has 7 rings (SSSR count). The zero-order chi connectivity index (χ0) is 45.1. The minimum absolute atomic E-state index is 0.0182. The Bertz CT molecular complexity index is 2490. The van der Waals surface area contributed by atoms with Gasteiger partial charge in [0, 0.05) is 74.2 Å². The minimum Gasteiger partial charge on any atom is -0.455 e. The van der Waals surface area contributed by atoms with Crippen molar-refractivity contribution in [1.29, 1.82) is 0 Å². The molecule has 3 aliphatic rings. The lowest BCUT2D eigenvalue weighted by Gasteiger charge is -2.39. The first-order chi connectivity index (χ1) is 29.8. The van der Waals surface area contributed by atoms with Gasteiger partial charge in [-0.3, -0.25) is 19.8 Å². The lowest BCUT2D eigenvalue weighted by atomic mass is 9.73. The second-order valence-corrected chi connectivity index (χ2v) is 19.8. The Kier molecular flexibility index (Phi) is 13.6. The molecule has 1 saturated heterocycles. The molecule has 1 amide bonds. The third-order valence-electron chi connectivity index (χ3n) is 12.8. The Morgan fingerprint density at radius 1 is 1.05 bits per heavy atom. The van der Waals surface area contributed by atoms with Crippen LogP contribution >= 0.6 is 0 Å². The summed E-state index contributed by atoms with van der Waals surface area (Å²) in [4.78, 5) is 36.8. The smallest absolute Gasteiger partial charge is 0.412 e. The van der Waals surface area contributed by atoms with Crippen LogP contribution in [-0.4, -0.2) is 79.6 Å². The van der Waals surface area contributed by atoms with Gasteiger partial charge in [-0.1, -0.05) is 51.3 Å². The van der Waals surface area contributed by atoms with E-state index in [0.29, 0.717) is 68.9 Å². The first kappa shape index (κ1) is 45.6. The van der Waals surface area contributed by atoms with Crippen molar-refractivity contribution < 1.29 is 36.0 Å². The molecule has 17 heteroatoms. The predicted octanol–water partition coefficient (Wildman–Crippen LogP) is 10.1. The van der Waals surface area contributed by atoms with Gasteiger partial charge in [0.1, 0.15) is 22.8 Å². The summed E-state index contributed by atoms with van der Waals surface area (Å²) >= 11 is 0. The molecule has 0 unspecified atom stereocenters. The molecule has 4 aromatic rings. The number of allylic oxidation sites excluding steroid dienone is 2. The van der Waals surface area contributed by atoms with E-state index in [9.17, 15) is 36.5 Å². The monoisotopic (exact) mass is 891 g/mol. The van der Waals surface area contributed by atoms with Crippen LogP contribution in [0.25, 0.3) is 11.0 Å². The van der Waals surface area contributed by atoms with Crippen LogP contribution in [0.3, 0.4) is 0 Å². The van der Waals surface area contributed by atoms with Crippen LogP contribution in [0.5, 0.6) is 11.5 Å². The van der Waals surface area contributed by atoms with Gasteiger partial charge < -0.3 is 19.9 Å². The number of alkyl halides is 3. The van der Waals surface area contributed by atoms with Crippen molar-refractivity contribution in [2.75, 3.05) is 49.5 Å². The number of anilines is 2. The van der Waals surface area contributed by atoms with Crippen molar-refractivity contribution in [2.24, 2.45) is 17.3 Å². The molecule has 3 N–H and O–H groups in total. The summed E-state index contributed by atoms with van der Waals surface area (Å²) in [6, 6.07) is 12.0. The van der Waals surface area contributed by atoms with E-state index in [4.69, 9.17) is 4.74 Å². The van der Waals surface area contributed by atoms with Gasteiger partial charge in [0.05, 0.1) is 21.6 Å². The van der Waals surface area contributed by atoms with Gasteiger partial charge >= 0.3 is 6.18 Å². The fraction of sp³-hybridized carbons (Fsp3) is 0.478. The molecule has 2 aromatic carbocycles. The molecule has 2 aromatic heterocycles. The maximum Gasteiger partial charge on any atom is 0.412 e. The minimum atomic E-state index is -4.58. The number of H-pyrrole nitrogens is 1. The van der Waals surface area contributed by atoms with Crippen molar-refractivity contribution in [3.8, 4) is 11.5 Å². The number of pyridine rings is 1.